The van der Waals surface area contributed by atoms with E-state index in [0.717, 1.165) is 0 Å². The largest absolute Gasteiger partial charge is 0.489 e. The molecule has 1 atom stereocenters. The lowest BCUT2D eigenvalue weighted by Crippen LogP contribution is -2.41. The van der Waals surface area contributed by atoms with Crippen molar-refractivity contribution in [3.63, 3.8) is 0 Å². The van der Waals surface area contributed by atoms with Gasteiger partial charge in [-0.05, 0) is 43.3 Å². The maximum absolute atomic E-state index is 13.9. The maximum atomic E-state index is 13.9. The van der Waals surface area contributed by atoms with Crippen molar-refractivity contribution in [3.05, 3.63) is 65.2 Å². The molecule has 0 spiro atoms. The van der Waals surface area contributed by atoms with E-state index in [2.05, 4.69) is 15.6 Å². The maximum Gasteiger partial charge on any atom is 0.191 e. The molecule has 2 aromatic carbocycles. The standard InChI is InChI=1S/C19H20F2N4O/c1-13(26-17-7-5-16(20)6-8-17)11-24-19(23-2)25-12-15-4-3-14(10-22)9-18(15)21/h3-9,13H,11-12H2,1-2H3,(H2,23,24,25). The van der Waals surface area contributed by atoms with Crippen LogP contribution in [0, 0.1) is 23.0 Å². The minimum atomic E-state index is -0.444. The van der Waals surface area contributed by atoms with Crippen LogP contribution in [0.2, 0.25) is 0 Å². The molecule has 1 unspecified atom stereocenters. The smallest absolute Gasteiger partial charge is 0.191 e. The van der Waals surface area contributed by atoms with E-state index in [4.69, 9.17) is 10.00 Å². The van der Waals surface area contributed by atoms with Crippen LogP contribution in [0.1, 0.15) is 18.1 Å². The number of ether oxygens (including phenoxy) is 1. The van der Waals surface area contributed by atoms with Gasteiger partial charge in [0.15, 0.2) is 5.96 Å². The molecular formula is C19H20F2N4O. The molecule has 2 rings (SSSR count). The minimum absolute atomic E-state index is 0.189. The number of rotatable bonds is 6. The molecule has 0 bridgehead atoms. The first-order valence-electron chi connectivity index (χ1n) is 8.07. The molecule has 26 heavy (non-hydrogen) atoms. The number of nitriles is 1. The van der Waals surface area contributed by atoms with Crippen LogP contribution < -0.4 is 15.4 Å². The number of aliphatic imine (C=N–C) groups is 1. The van der Waals surface area contributed by atoms with Gasteiger partial charge >= 0.3 is 0 Å². The summed E-state index contributed by atoms with van der Waals surface area (Å²) < 4.78 is 32.4. The summed E-state index contributed by atoms with van der Waals surface area (Å²) in [5, 5.41) is 14.8. The molecule has 2 aromatic rings. The SMILES string of the molecule is CN=C(NCc1ccc(C#N)cc1F)NCC(C)Oc1ccc(F)cc1. The number of guanidine groups is 1. The third-order valence-corrected chi connectivity index (χ3v) is 3.56. The summed E-state index contributed by atoms with van der Waals surface area (Å²) in [7, 11) is 1.61. The summed E-state index contributed by atoms with van der Waals surface area (Å²) >= 11 is 0. The Hall–Kier alpha value is -3.14. The average Bonchev–Trinajstić information content (AvgIpc) is 2.64. The van der Waals surface area contributed by atoms with Crippen LogP contribution in [0.4, 0.5) is 8.78 Å². The monoisotopic (exact) mass is 358 g/mol. The first-order valence-corrected chi connectivity index (χ1v) is 8.07. The molecule has 136 valence electrons. The van der Waals surface area contributed by atoms with E-state index < -0.39 is 5.82 Å². The molecule has 0 saturated carbocycles. The lowest BCUT2D eigenvalue weighted by molar-refractivity contribution is 0.223. The highest BCUT2D eigenvalue weighted by Gasteiger charge is 2.08. The van der Waals surface area contributed by atoms with Gasteiger partial charge in [0, 0.05) is 19.2 Å². The second-order valence-corrected chi connectivity index (χ2v) is 5.61. The Kier molecular flexibility index (Phi) is 6.92. The Balaban J connectivity index is 1.82. The summed E-state index contributed by atoms with van der Waals surface area (Å²) in [6, 6.07) is 12.0. The van der Waals surface area contributed by atoms with Crippen LogP contribution in [0.15, 0.2) is 47.5 Å². The van der Waals surface area contributed by atoms with E-state index in [1.165, 1.54) is 18.2 Å². The second-order valence-electron chi connectivity index (χ2n) is 5.61. The zero-order valence-corrected chi connectivity index (χ0v) is 14.6. The van der Waals surface area contributed by atoms with Gasteiger partial charge < -0.3 is 15.4 Å². The molecule has 0 radical (unpaired) electrons. The van der Waals surface area contributed by atoms with Gasteiger partial charge in [0.05, 0.1) is 18.2 Å². The van der Waals surface area contributed by atoms with E-state index in [0.29, 0.717) is 23.8 Å². The Bertz CT molecular complexity index is 800. The van der Waals surface area contributed by atoms with Crippen LogP contribution in [-0.2, 0) is 6.54 Å². The second kappa shape index (κ2) is 9.37. The van der Waals surface area contributed by atoms with Crippen molar-refractivity contribution in [1.29, 1.82) is 5.26 Å². The van der Waals surface area contributed by atoms with Crippen molar-refractivity contribution < 1.29 is 13.5 Å². The van der Waals surface area contributed by atoms with Gasteiger partial charge in [0.25, 0.3) is 0 Å². The van der Waals surface area contributed by atoms with E-state index in [9.17, 15) is 8.78 Å². The van der Waals surface area contributed by atoms with Crippen molar-refractivity contribution in [1.82, 2.24) is 10.6 Å². The van der Waals surface area contributed by atoms with Gasteiger partial charge in [-0.2, -0.15) is 5.26 Å². The number of nitrogens with one attached hydrogen (secondary N) is 2. The van der Waals surface area contributed by atoms with E-state index >= 15 is 0 Å². The topological polar surface area (TPSA) is 69.4 Å². The zero-order chi connectivity index (χ0) is 18.9. The van der Waals surface area contributed by atoms with Crippen molar-refractivity contribution in [3.8, 4) is 11.8 Å². The summed E-state index contributed by atoms with van der Waals surface area (Å²) in [6.45, 7) is 2.54. The highest BCUT2D eigenvalue weighted by atomic mass is 19.1. The van der Waals surface area contributed by atoms with Crippen molar-refractivity contribution >= 4 is 5.96 Å². The summed E-state index contributed by atoms with van der Waals surface area (Å²) in [4.78, 5) is 4.07. The predicted octanol–water partition coefficient (Wildman–Crippen LogP) is 2.97. The number of halogens is 2. The molecule has 0 heterocycles. The van der Waals surface area contributed by atoms with Crippen molar-refractivity contribution in [2.24, 2.45) is 4.99 Å². The average molecular weight is 358 g/mol. The van der Waals surface area contributed by atoms with Gasteiger partial charge in [0.2, 0.25) is 0 Å². The van der Waals surface area contributed by atoms with Gasteiger partial charge in [-0.1, -0.05) is 6.07 Å². The summed E-state index contributed by atoms with van der Waals surface area (Å²) in [6.07, 6.45) is -0.189. The molecule has 0 saturated heterocycles. The third kappa shape index (κ3) is 5.74. The molecule has 0 aromatic heterocycles. The van der Waals surface area contributed by atoms with Crippen LogP contribution >= 0.6 is 0 Å². The Labute approximate surface area is 151 Å². The van der Waals surface area contributed by atoms with Crippen LogP contribution in [0.5, 0.6) is 5.75 Å². The lowest BCUT2D eigenvalue weighted by atomic mass is 10.1. The first kappa shape index (κ1) is 19.2. The predicted molar refractivity (Wildman–Crippen MR) is 95.8 cm³/mol. The molecule has 0 aliphatic carbocycles. The molecule has 0 aliphatic rings. The molecule has 5 nitrogen and oxygen atoms in total. The summed E-state index contributed by atoms with van der Waals surface area (Å²) in [5.41, 5.74) is 0.711. The van der Waals surface area contributed by atoms with Gasteiger partial charge in [-0.15, -0.1) is 0 Å². The Morgan fingerprint density at radius 3 is 2.54 bits per heavy atom. The van der Waals surface area contributed by atoms with E-state index in [1.807, 2.05) is 13.0 Å². The molecule has 0 fully saturated rings. The normalized spacial score (nSPS) is 12.2. The van der Waals surface area contributed by atoms with Crippen LogP contribution in [-0.4, -0.2) is 25.7 Å². The fourth-order valence-corrected chi connectivity index (χ4v) is 2.19. The fraction of sp³-hybridized carbons (Fsp3) is 0.263. The summed E-state index contributed by atoms with van der Waals surface area (Å²) in [5.74, 6) is 0.300. The highest BCUT2D eigenvalue weighted by Crippen LogP contribution is 2.13. The van der Waals surface area contributed by atoms with Crippen LogP contribution in [0.3, 0.4) is 0 Å². The number of benzene rings is 2. The number of nitrogens with zero attached hydrogens (tertiary/aromatic N) is 2. The van der Waals surface area contributed by atoms with Crippen molar-refractivity contribution in [2.75, 3.05) is 13.6 Å². The van der Waals surface area contributed by atoms with Crippen LogP contribution in [0.25, 0.3) is 0 Å². The molecule has 7 heteroatoms. The quantitative estimate of drug-likeness (QED) is 0.615. The van der Waals surface area contributed by atoms with E-state index in [-0.39, 0.29) is 24.0 Å². The zero-order valence-electron chi connectivity index (χ0n) is 14.6. The van der Waals surface area contributed by atoms with Gasteiger partial charge in [0.1, 0.15) is 23.5 Å². The van der Waals surface area contributed by atoms with E-state index in [1.54, 1.807) is 31.3 Å². The highest BCUT2D eigenvalue weighted by molar-refractivity contribution is 5.79. The molecule has 2 N–H and O–H groups in total. The molecule has 0 aliphatic heterocycles. The molecular weight excluding hydrogens is 338 g/mol. The van der Waals surface area contributed by atoms with Crippen molar-refractivity contribution in [2.45, 2.75) is 19.6 Å². The molecule has 0 amide bonds. The number of hydrogen-bond donors (Lipinski definition) is 2. The lowest BCUT2D eigenvalue weighted by Gasteiger charge is -2.18. The minimum Gasteiger partial charge on any atom is -0.489 e. The number of hydrogen-bond acceptors (Lipinski definition) is 3. The van der Waals surface area contributed by atoms with Gasteiger partial charge in [-0.3, -0.25) is 4.99 Å². The van der Waals surface area contributed by atoms with Gasteiger partial charge in [-0.25, -0.2) is 8.78 Å². The fourth-order valence-electron chi connectivity index (χ4n) is 2.19. The Morgan fingerprint density at radius 1 is 1.19 bits per heavy atom. The first-order chi connectivity index (χ1) is 12.5. The Morgan fingerprint density at radius 2 is 1.92 bits per heavy atom. The third-order valence-electron chi connectivity index (χ3n) is 3.56.